The molecule has 0 bridgehead atoms. The van der Waals surface area contributed by atoms with E-state index in [0.29, 0.717) is 36.3 Å². The van der Waals surface area contributed by atoms with E-state index in [4.69, 9.17) is 13.8 Å². The summed E-state index contributed by atoms with van der Waals surface area (Å²) in [7, 11) is 0. The molecule has 1 amide bonds. The molecule has 0 spiro atoms. The fourth-order valence-corrected chi connectivity index (χ4v) is 2.50. The molecule has 0 saturated carbocycles. The van der Waals surface area contributed by atoms with Gasteiger partial charge in [0.1, 0.15) is 5.76 Å². The van der Waals surface area contributed by atoms with E-state index in [1.165, 1.54) is 0 Å². The van der Waals surface area contributed by atoms with Gasteiger partial charge in [0.25, 0.3) is 5.89 Å². The smallest absolute Gasteiger partial charge is 0.257 e. The molecule has 2 aromatic rings. The molecule has 0 aromatic carbocycles. The second-order valence-corrected chi connectivity index (χ2v) is 5.52. The van der Waals surface area contributed by atoms with Crippen molar-refractivity contribution < 1.29 is 18.6 Å². The summed E-state index contributed by atoms with van der Waals surface area (Å²) in [5, 5.41) is 7.62. The SMILES string of the molecule is Cc1noc([C@H]2CN(C(=O)Cc3cc(C)on3)C[C@@H](C)O2)n1. The first kappa shape index (κ1) is 14.7. The molecular weight excluding hydrogens is 288 g/mol. The normalized spacial score (nSPS) is 22.0. The number of hydrogen-bond acceptors (Lipinski definition) is 7. The number of nitrogens with zero attached hydrogens (tertiary/aromatic N) is 4. The van der Waals surface area contributed by atoms with Gasteiger partial charge >= 0.3 is 0 Å². The van der Waals surface area contributed by atoms with Crippen molar-refractivity contribution in [3.05, 3.63) is 29.2 Å². The number of morpholine rings is 1. The molecule has 2 aromatic heterocycles. The number of carbonyl (C=O) groups is 1. The Morgan fingerprint density at radius 2 is 2.14 bits per heavy atom. The summed E-state index contributed by atoms with van der Waals surface area (Å²) in [4.78, 5) is 18.3. The van der Waals surface area contributed by atoms with E-state index in [-0.39, 0.29) is 18.4 Å². The third-order valence-electron chi connectivity index (χ3n) is 3.44. The van der Waals surface area contributed by atoms with Crippen LogP contribution in [-0.2, 0) is 16.0 Å². The number of aryl methyl sites for hydroxylation is 2. The highest BCUT2D eigenvalue weighted by Crippen LogP contribution is 2.24. The zero-order valence-corrected chi connectivity index (χ0v) is 12.8. The second kappa shape index (κ2) is 5.88. The summed E-state index contributed by atoms with van der Waals surface area (Å²) < 4.78 is 15.9. The van der Waals surface area contributed by atoms with Crippen molar-refractivity contribution in [3.8, 4) is 0 Å². The van der Waals surface area contributed by atoms with Gasteiger partial charge in [-0.1, -0.05) is 10.3 Å². The predicted molar refractivity (Wildman–Crippen MR) is 73.8 cm³/mol. The largest absolute Gasteiger partial charge is 0.362 e. The van der Waals surface area contributed by atoms with Crippen molar-refractivity contribution in [2.45, 2.75) is 39.4 Å². The first-order valence-electron chi connectivity index (χ1n) is 7.17. The molecule has 0 radical (unpaired) electrons. The molecule has 2 atom stereocenters. The maximum atomic E-state index is 12.4. The van der Waals surface area contributed by atoms with Gasteiger partial charge in [-0.25, -0.2) is 0 Å². The van der Waals surface area contributed by atoms with E-state index >= 15 is 0 Å². The van der Waals surface area contributed by atoms with Crippen LogP contribution in [0.5, 0.6) is 0 Å². The molecular formula is C14H18N4O4. The Labute approximate surface area is 127 Å². The van der Waals surface area contributed by atoms with Gasteiger partial charge < -0.3 is 18.7 Å². The third-order valence-corrected chi connectivity index (χ3v) is 3.44. The number of carbonyl (C=O) groups excluding carboxylic acids is 1. The summed E-state index contributed by atoms with van der Waals surface area (Å²) in [5.74, 6) is 1.62. The van der Waals surface area contributed by atoms with E-state index in [0.717, 1.165) is 0 Å². The monoisotopic (exact) mass is 306 g/mol. The van der Waals surface area contributed by atoms with Crippen molar-refractivity contribution in [2.24, 2.45) is 0 Å². The number of aromatic nitrogens is 3. The molecule has 1 saturated heterocycles. The van der Waals surface area contributed by atoms with E-state index in [1.54, 1.807) is 24.8 Å². The van der Waals surface area contributed by atoms with Crippen LogP contribution < -0.4 is 0 Å². The first-order chi connectivity index (χ1) is 10.5. The molecule has 1 fully saturated rings. The average Bonchev–Trinajstić information content (AvgIpc) is 3.07. The Morgan fingerprint density at radius 1 is 1.32 bits per heavy atom. The molecule has 22 heavy (non-hydrogen) atoms. The minimum Gasteiger partial charge on any atom is -0.362 e. The number of rotatable bonds is 3. The lowest BCUT2D eigenvalue weighted by Gasteiger charge is -2.35. The van der Waals surface area contributed by atoms with Gasteiger partial charge in [-0.05, 0) is 20.8 Å². The van der Waals surface area contributed by atoms with Crippen molar-refractivity contribution in [3.63, 3.8) is 0 Å². The molecule has 0 aliphatic carbocycles. The Balaban J connectivity index is 1.69. The van der Waals surface area contributed by atoms with Gasteiger partial charge in [0.05, 0.1) is 24.8 Å². The van der Waals surface area contributed by atoms with Gasteiger partial charge in [-0.3, -0.25) is 4.79 Å². The third kappa shape index (κ3) is 3.16. The van der Waals surface area contributed by atoms with Crippen LogP contribution in [0.4, 0.5) is 0 Å². The molecule has 8 nitrogen and oxygen atoms in total. The zero-order chi connectivity index (χ0) is 15.7. The molecule has 0 N–H and O–H groups in total. The second-order valence-electron chi connectivity index (χ2n) is 5.52. The van der Waals surface area contributed by atoms with Crippen LogP contribution in [0.2, 0.25) is 0 Å². The molecule has 8 heteroatoms. The highest BCUT2D eigenvalue weighted by Gasteiger charge is 2.32. The zero-order valence-electron chi connectivity index (χ0n) is 12.8. The Kier molecular flexibility index (Phi) is 3.93. The lowest BCUT2D eigenvalue weighted by atomic mass is 10.2. The molecule has 1 aliphatic heterocycles. The van der Waals surface area contributed by atoms with Crippen molar-refractivity contribution in [2.75, 3.05) is 13.1 Å². The van der Waals surface area contributed by atoms with Crippen LogP contribution in [0.3, 0.4) is 0 Å². The average molecular weight is 306 g/mol. The fraction of sp³-hybridized carbons (Fsp3) is 0.571. The predicted octanol–water partition coefficient (Wildman–Crippen LogP) is 1.21. The lowest BCUT2D eigenvalue weighted by Crippen LogP contribution is -2.46. The molecule has 1 aliphatic rings. The van der Waals surface area contributed by atoms with Gasteiger partial charge in [0, 0.05) is 12.6 Å². The van der Waals surface area contributed by atoms with Crippen molar-refractivity contribution in [1.82, 2.24) is 20.2 Å². The van der Waals surface area contributed by atoms with Gasteiger partial charge in [0.15, 0.2) is 11.9 Å². The van der Waals surface area contributed by atoms with Crippen LogP contribution in [0, 0.1) is 13.8 Å². The summed E-state index contributed by atoms with van der Waals surface area (Å²) in [5.41, 5.74) is 0.631. The highest BCUT2D eigenvalue weighted by molar-refractivity contribution is 5.78. The van der Waals surface area contributed by atoms with Crippen molar-refractivity contribution in [1.29, 1.82) is 0 Å². The fourth-order valence-electron chi connectivity index (χ4n) is 2.50. The molecule has 3 rings (SSSR count). The van der Waals surface area contributed by atoms with Gasteiger partial charge in [0.2, 0.25) is 5.91 Å². The summed E-state index contributed by atoms with van der Waals surface area (Å²) in [6.07, 6.45) is -0.290. The molecule has 3 heterocycles. The molecule has 0 unspecified atom stereocenters. The number of amides is 1. The van der Waals surface area contributed by atoms with Gasteiger partial charge in [-0.15, -0.1) is 0 Å². The van der Waals surface area contributed by atoms with Crippen LogP contribution in [-0.4, -0.2) is 45.3 Å². The number of hydrogen-bond donors (Lipinski definition) is 0. The van der Waals surface area contributed by atoms with Crippen molar-refractivity contribution >= 4 is 5.91 Å². The van der Waals surface area contributed by atoms with Crippen LogP contribution >= 0.6 is 0 Å². The van der Waals surface area contributed by atoms with E-state index in [1.807, 2.05) is 6.92 Å². The minimum atomic E-state index is -0.395. The van der Waals surface area contributed by atoms with E-state index in [9.17, 15) is 4.79 Å². The minimum absolute atomic E-state index is 0.0234. The standard InChI is InChI=1S/C14H18N4O4/c1-8-4-11(17-21-8)5-13(19)18-6-9(2)20-12(7-18)14-15-10(3)16-22-14/h4,9,12H,5-7H2,1-3H3/t9-,12-/m1/s1. The maximum Gasteiger partial charge on any atom is 0.257 e. The Morgan fingerprint density at radius 3 is 2.77 bits per heavy atom. The quantitative estimate of drug-likeness (QED) is 0.841. The summed E-state index contributed by atoms with van der Waals surface area (Å²) in [6, 6.07) is 1.76. The van der Waals surface area contributed by atoms with E-state index in [2.05, 4.69) is 15.3 Å². The van der Waals surface area contributed by atoms with Crippen LogP contribution in [0.25, 0.3) is 0 Å². The number of ether oxygens (including phenoxy) is 1. The topological polar surface area (TPSA) is 94.5 Å². The summed E-state index contributed by atoms with van der Waals surface area (Å²) >= 11 is 0. The lowest BCUT2D eigenvalue weighted by molar-refractivity contribution is -0.146. The molecule has 118 valence electrons. The Hall–Kier alpha value is -2.22. The van der Waals surface area contributed by atoms with Crippen LogP contribution in [0.1, 0.15) is 36.2 Å². The highest BCUT2D eigenvalue weighted by atomic mass is 16.5. The Bertz CT molecular complexity index is 665. The maximum absolute atomic E-state index is 12.4. The van der Waals surface area contributed by atoms with Gasteiger partial charge in [-0.2, -0.15) is 4.98 Å². The van der Waals surface area contributed by atoms with E-state index < -0.39 is 6.10 Å². The van der Waals surface area contributed by atoms with Crippen LogP contribution in [0.15, 0.2) is 15.1 Å². The first-order valence-corrected chi connectivity index (χ1v) is 7.17. The summed E-state index contributed by atoms with van der Waals surface area (Å²) in [6.45, 7) is 6.37.